The second-order valence-corrected chi connectivity index (χ2v) is 5.78. The van der Waals surface area contributed by atoms with Crippen LogP contribution in [0.5, 0.6) is 0 Å². The van der Waals surface area contributed by atoms with Gasteiger partial charge in [-0.05, 0) is 35.4 Å². The Morgan fingerprint density at radius 2 is 1.42 bits per heavy atom. The van der Waals surface area contributed by atoms with Gasteiger partial charge in [-0.25, -0.2) is 4.39 Å². The number of nitrogens with one attached hydrogen (secondary N) is 1. The summed E-state index contributed by atoms with van der Waals surface area (Å²) in [6.45, 7) is 0. The summed E-state index contributed by atoms with van der Waals surface area (Å²) >= 11 is 5.95. The first kappa shape index (κ1) is 16.2. The number of rotatable bonds is 4. The molecule has 24 heavy (non-hydrogen) atoms. The van der Waals surface area contributed by atoms with Crippen molar-refractivity contribution in [1.29, 1.82) is 0 Å². The Hall–Kier alpha value is -2.65. The minimum absolute atomic E-state index is 0.0207. The van der Waals surface area contributed by atoms with Gasteiger partial charge < -0.3 is 5.32 Å². The maximum Gasteiger partial charge on any atom is 0.255 e. The Morgan fingerprint density at radius 3 is 2.08 bits per heavy atom. The summed E-state index contributed by atoms with van der Waals surface area (Å²) in [4.78, 5) is 12.5. The molecule has 0 heterocycles. The van der Waals surface area contributed by atoms with Crippen molar-refractivity contribution in [1.82, 2.24) is 5.32 Å². The zero-order valence-corrected chi connectivity index (χ0v) is 13.5. The van der Waals surface area contributed by atoms with Crippen LogP contribution in [0.4, 0.5) is 4.39 Å². The second kappa shape index (κ2) is 7.28. The topological polar surface area (TPSA) is 29.1 Å². The molecule has 1 atom stereocenters. The quantitative estimate of drug-likeness (QED) is 0.712. The Labute approximate surface area is 144 Å². The van der Waals surface area contributed by atoms with Crippen LogP contribution < -0.4 is 5.32 Å². The number of hydrogen-bond acceptors (Lipinski definition) is 1. The van der Waals surface area contributed by atoms with Gasteiger partial charge in [0.15, 0.2) is 0 Å². The number of hydrogen-bond donors (Lipinski definition) is 1. The fourth-order valence-corrected chi connectivity index (χ4v) is 2.64. The van der Waals surface area contributed by atoms with Crippen LogP contribution in [-0.4, -0.2) is 5.91 Å². The van der Waals surface area contributed by atoms with Gasteiger partial charge in [-0.2, -0.15) is 0 Å². The van der Waals surface area contributed by atoms with Gasteiger partial charge >= 0.3 is 0 Å². The Bertz CT molecular complexity index is 834. The van der Waals surface area contributed by atoms with Crippen LogP contribution in [0.25, 0.3) is 0 Å². The first-order valence-electron chi connectivity index (χ1n) is 7.51. The van der Waals surface area contributed by atoms with Crippen LogP contribution >= 0.6 is 11.6 Å². The van der Waals surface area contributed by atoms with Crippen molar-refractivity contribution in [3.05, 3.63) is 106 Å². The van der Waals surface area contributed by atoms with Crippen LogP contribution in [-0.2, 0) is 0 Å². The lowest BCUT2D eigenvalue weighted by Gasteiger charge is -2.20. The number of halogens is 2. The van der Waals surface area contributed by atoms with E-state index in [2.05, 4.69) is 5.32 Å². The second-order valence-electron chi connectivity index (χ2n) is 5.35. The number of carbonyl (C=O) groups excluding carboxylic acids is 1. The summed E-state index contributed by atoms with van der Waals surface area (Å²) in [7, 11) is 0. The van der Waals surface area contributed by atoms with Gasteiger partial charge in [0, 0.05) is 5.02 Å². The zero-order chi connectivity index (χ0) is 16.9. The monoisotopic (exact) mass is 339 g/mol. The van der Waals surface area contributed by atoms with Crippen molar-refractivity contribution >= 4 is 17.5 Å². The molecule has 1 N–H and O–H groups in total. The molecule has 0 radical (unpaired) electrons. The lowest BCUT2D eigenvalue weighted by Crippen LogP contribution is -2.30. The first-order chi connectivity index (χ1) is 11.6. The fourth-order valence-electron chi connectivity index (χ4n) is 2.51. The molecule has 0 spiro atoms. The van der Waals surface area contributed by atoms with E-state index in [1.54, 1.807) is 24.3 Å². The van der Waals surface area contributed by atoms with E-state index in [4.69, 9.17) is 11.6 Å². The van der Waals surface area contributed by atoms with Crippen molar-refractivity contribution in [2.45, 2.75) is 6.04 Å². The molecule has 0 aliphatic heterocycles. The van der Waals surface area contributed by atoms with Crippen molar-refractivity contribution in [2.24, 2.45) is 0 Å². The largest absolute Gasteiger partial charge is 0.341 e. The summed E-state index contributed by atoms with van der Waals surface area (Å²) in [6, 6.07) is 22.3. The van der Waals surface area contributed by atoms with E-state index < -0.39 is 17.8 Å². The zero-order valence-electron chi connectivity index (χ0n) is 12.7. The van der Waals surface area contributed by atoms with Crippen LogP contribution in [0.2, 0.25) is 5.02 Å². The molecule has 0 saturated carbocycles. The molecular formula is C20H15ClFNO. The smallest absolute Gasteiger partial charge is 0.255 e. The minimum atomic E-state index is -0.544. The standard InChI is InChI=1S/C20H15ClFNO/c21-16-12-10-15(11-13-16)19(14-6-2-1-3-7-14)23-20(24)17-8-4-5-9-18(17)22/h1-13,19H,(H,23,24). The van der Waals surface area contributed by atoms with Gasteiger partial charge in [0.2, 0.25) is 0 Å². The SMILES string of the molecule is O=C(NC(c1ccccc1)c1ccc(Cl)cc1)c1ccccc1F. The summed E-state index contributed by atoms with van der Waals surface area (Å²) < 4.78 is 13.9. The third kappa shape index (κ3) is 3.63. The highest BCUT2D eigenvalue weighted by atomic mass is 35.5. The molecular weight excluding hydrogens is 325 g/mol. The van der Waals surface area contributed by atoms with E-state index in [0.717, 1.165) is 11.1 Å². The normalized spacial score (nSPS) is 11.8. The fraction of sp³-hybridized carbons (Fsp3) is 0.0500. The average molecular weight is 340 g/mol. The van der Waals surface area contributed by atoms with E-state index in [0.29, 0.717) is 5.02 Å². The molecule has 0 aliphatic rings. The molecule has 3 aromatic carbocycles. The van der Waals surface area contributed by atoms with Crippen molar-refractivity contribution in [3.8, 4) is 0 Å². The summed E-state index contributed by atoms with van der Waals surface area (Å²) in [5.74, 6) is -1.00. The van der Waals surface area contributed by atoms with E-state index in [9.17, 15) is 9.18 Å². The molecule has 120 valence electrons. The molecule has 1 unspecified atom stereocenters. The highest BCUT2D eigenvalue weighted by molar-refractivity contribution is 6.30. The van der Waals surface area contributed by atoms with Crippen LogP contribution in [0.1, 0.15) is 27.5 Å². The minimum Gasteiger partial charge on any atom is -0.341 e. The predicted molar refractivity (Wildman–Crippen MR) is 93.6 cm³/mol. The van der Waals surface area contributed by atoms with E-state index in [1.165, 1.54) is 12.1 Å². The Kier molecular flexibility index (Phi) is 4.92. The van der Waals surface area contributed by atoms with Gasteiger partial charge in [-0.1, -0.05) is 66.2 Å². The molecule has 0 aliphatic carbocycles. The van der Waals surface area contributed by atoms with Gasteiger partial charge in [0.05, 0.1) is 11.6 Å². The van der Waals surface area contributed by atoms with Crippen molar-refractivity contribution < 1.29 is 9.18 Å². The van der Waals surface area contributed by atoms with E-state index in [-0.39, 0.29) is 5.56 Å². The highest BCUT2D eigenvalue weighted by Crippen LogP contribution is 2.24. The highest BCUT2D eigenvalue weighted by Gasteiger charge is 2.19. The lowest BCUT2D eigenvalue weighted by atomic mass is 9.98. The molecule has 4 heteroatoms. The third-order valence-corrected chi connectivity index (χ3v) is 3.98. The molecule has 0 bridgehead atoms. The molecule has 0 saturated heterocycles. The molecule has 2 nitrogen and oxygen atoms in total. The molecule has 3 rings (SSSR count). The van der Waals surface area contributed by atoms with Crippen molar-refractivity contribution in [3.63, 3.8) is 0 Å². The van der Waals surface area contributed by atoms with Gasteiger partial charge in [0.25, 0.3) is 5.91 Å². The van der Waals surface area contributed by atoms with Crippen LogP contribution in [0.3, 0.4) is 0 Å². The molecule has 0 aromatic heterocycles. The predicted octanol–water partition coefficient (Wildman–Crippen LogP) is 5.00. The number of amides is 1. The average Bonchev–Trinajstić information content (AvgIpc) is 2.61. The van der Waals surface area contributed by atoms with Gasteiger partial charge in [-0.15, -0.1) is 0 Å². The van der Waals surface area contributed by atoms with Gasteiger partial charge in [-0.3, -0.25) is 4.79 Å². The first-order valence-corrected chi connectivity index (χ1v) is 7.89. The van der Waals surface area contributed by atoms with Gasteiger partial charge in [0.1, 0.15) is 5.82 Å². The number of carbonyl (C=O) groups is 1. The maximum absolute atomic E-state index is 13.9. The Morgan fingerprint density at radius 1 is 0.833 bits per heavy atom. The van der Waals surface area contributed by atoms with Crippen LogP contribution in [0.15, 0.2) is 78.9 Å². The summed E-state index contributed by atoms with van der Waals surface area (Å²) in [5.41, 5.74) is 1.80. The molecule has 1 amide bonds. The van der Waals surface area contributed by atoms with Crippen molar-refractivity contribution in [2.75, 3.05) is 0 Å². The lowest BCUT2D eigenvalue weighted by molar-refractivity contribution is 0.0939. The maximum atomic E-state index is 13.9. The van der Waals surface area contributed by atoms with E-state index >= 15 is 0 Å². The van der Waals surface area contributed by atoms with E-state index in [1.807, 2.05) is 42.5 Å². The third-order valence-electron chi connectivity index (χ3n) is 3.73. The summed E-state index contributed by atoms with van der Waals surface area (Å²) in [6.07, 6.45) is 0. The van der Waals surface area contributed by atoms with Crippen LogP contribution in [0, 0.1) is 5.82 Å². The molecule has 3 aromatic rings. The Balaban J connectivity index is 1.95. The summed E-state index contributed by atoms with van der Waals surface area (Å²) in [5, 5.41) is 3.52. The number of benzene rings is 3. The molecule has 0 fully saturated rings.